The molecule has 0 fully saturated rings. The molecule has 2 aromatic rings. The molecule has 0 bridgehead atoms. The lowest BCUT2D eigenvalue weighted by molar-refractivity contribution is -0.137. The number of carbonyl (C=O) groups excluding carboxylic acids is 1. The van der Waals surface area contributed by atoms with Gasteiger partial charge in [-0.3, -0.25) is 9.59 Å². The van der Waals surface area contributed by atoms with Crippen LogP contribution in [0.3, 0.4) is 0 Å². The van der Waals surface area contributed by atoms with Gasteiger partial charge < -0.3 is 15.0 Å². The van der Waals surface area contributed by atoms with Crippen LogP contribution in [0.15, 0.2) is 43.0 Å². The van der Waals surface area contributed by atoms with Gasteiger partial charge in [-0.05, 0) is 24.1 Å². The first-order valence-electron chi connectivity index (χ1n) is 6.70. The maximum absolute atomic E-state index is 11.8. The van der Waals surface area contributed by atoms with E-state index in [9.17, 15) is 9.59 Å². The molecule has 2 rings (SSSR count). The third-order valence-corrected chi connectivity index (χ3v) is 2.99. The summed E-state index contributed by atoms with van der Waals surface area (Å²) in [6.07, 6.45) is 5.83. The summed E-state index contributed by atoms with van der Waals surface area (Å²) in [4.78, 5) is 26.2. The van der Waals surface area contributed by atoms with Gasteiger partial charge in [0.05, 0.1) is 6.33 Å². The Labute approximate surface area is 122 Å². The first-order chi connectivity index (χ1) is 10.1. The van der Waals surface area contributed by atoms with Crippen LogP contribution in [-0.4, -0.2) is 33.1 Å². The van der Waals surface area contributed by atoms with Crippen molar-refractivity contribution >= 4 is 11.9 Å². The lowest BCUT2D eigenvalue weighted by Gasteiger charge is -2.06. The van der Waals surface area contributed by atoms with Crippen LogP contribution in [-0.2, 0) is 11.3 Å². The average molecular weight is 287 g/mol. The second-order valence-electron chi connectivity index (χ2n) is 4.69. The highest BCUT2D eigenvalue weighted by molar-refractivity contribution is 5.94. The fourth-order valence-electron chi connectivity index (χ4n) is 1.90. The molecule has 1 aromatic heterocycles. The van der Waals surface area contributed by atoms with E-state index in [0.717, 1.165) is 5.56 Å². The number of carboxylic acid groups (broad SMARTS) is 1. The molecular weight excluding hydrogens is 270 g/mol. The van der Waals surface area contributed by atoms with Gasteiger partial charge in [0.1, 0.15) is 0 Å². The minimum Gasteiger partial charge on any atom is -0.481 e. The topological polar surface area (TPSA) is 84.2 Å². The number of nitrogens with one attached hydrogen (secondary N) is 1. The molecule has 0 spiro atoms. The number of carboxylic acids is 1. The van der Waals surface area contributed by atoms with E-state index in [1.807, 2.05) is 22.9 Å². The summed E-state index contributed by atoms with van der Waals surface area (Å²) in [6.45, 7) is 1.07. The molecular formula is C15H17N3O3. The van der Waals surface area contributed by atoms with E-state index in [1.165, 1.54) is 0 Å². The monoisotopic (exact) mass is 287 g/mol. The highest BCUT2D eigenvalue weighted by atomic mass is 16.4. The van der Waals surface area contributed by atoms with E-state index in [2.05, 4.69) is 10.3 Å². The molecule has 0 aliphatic heterocycles. The van der Waals surface area contributed by atoms with Crippen LogP contribution in [0.1, 0.15) is 28.8 Å². The largest absolute Gasteiger partial charge is 0.481 e. The predicted octanol–water partition coefficient (Wildman–Crippen LogP) is 1.53. The van der Waals surface area contributed by atoms with Crippen LogP contribution in [0.4, 0.5) is 0 Å². The van der Waals surface area contributed by atoms with E-state index in [1.54, 1.807) is 24.7 Å². The molecule has 0 aliphatic carbocycles. The van der Waals surface area contributed by atoms with Crippen molar-refractivity contribution in [2.75, 3.05) is 6.54 Å². The third kappa shape index (κ3) is 4.76. The van der Waals surface area contributed by atoms with Crippen molar-refractivity contribution in [3.8, 4) is 0 Å². The lowest BCUT2D eigenvalue weighted by atomic mass is 10.1. The van der Waals surface area contributed by atoms with E-state index in [4.69, 9.17) is 5.11 Å². The molecule has 0 atom stereocenters. The summed E-state index contributed by atoms with van der Waals surface area (Å²) in [7, 11) is 0. The number of carbonyl (C=O) groups is 2. The number of benzene rings is 1. The highest BCUT2D eigenvalue weighted by Gasteiger charge is 2.05. The molecule has 1 amide bonds. The molecule has 6 heteroatoms. The molecule has 6 nitrogen and oxygen atoms in total. The first kappa shape index (κ1) is 14.8. The summed E-state index contributed by atoms with van der Waals surface area (Å²) in [5, 5.41) is 11.2. The Morgan fingerprint density at radius 3 is 2.62 bits per heavy atom. The van der Waals surface area contributed by atoms with Crippen LogP contribution in [0.25, 0.3) is 0 Å². The van der Waals surface area contributed by atoms with Gasteiger partial charge in [0, 0.05) is 37.5 Å². The number of amides is 1. The van der Waals surface area contributed by atoms with E-state index >= 15 is 0 Å². The van der Waals surface area contributed by atoms with Crippen LogP contribution < -0.4 is 5.32 Å². The molecule has 0 aliphatic rings. The smallest absolute Gasteiger partial charge is 0.303 e. The molecule has 0 radical (unpaired) electrons. The fourth-order valence-corrected chi connectivity index (χ4v) is 1.90. The zero-order valence-electron chi connectivity index (χ0n) is 11.5. The van der Waals surface area contributed by atoms with Gasteiger partial charge in [0.15, 0.2) is 0 Å². The van der Waals surface area contributed by atoms with Crippen LogP contribution >= 0.6 is 0 Å². The maximum Gasteiger partial charge on any atom is 0.303 e. The van der Waals surface area contributed by atoms with Crippen molar-refractivity contribution in [2.24, 2.45) is 0 Å². The molecule has 21 heavy (non-hydrogen) atoms. The minimum absolute atomic E-state index is 0.0596. The van der Waals surface area contributed by atoms with Gasteiger partial charge in [-0.1, -0.05) is 12.1 Å². The van der Waals surface area contributed by atoms with Crippen LogP contribution in [0.2, 0.25) is 0 Å². The summed E-state index contributed by atoms with van der Waals surface area (Å²) >= 11 is 0. The summed E-state index contributed by atoms with van der Waals surface area (Å²) in [6, 6.07) is 7.32. The second-order valence-corrected chi connectivity index (χ2v) is 4.69. The molecule has 1 heterocycles. The predicted molar refractivity (Wildman–Crippen MR) is 77.0 cm³/mol. The Hall–Kier alpha value is -2.63. The van der Waals surface area contributed by atoms with Crippen LogP contribution in [0, 0.1) is 0 Å². The molecule has 0 saturated heterocycles. The van der Waals surface area contributed by atoms with Crippen molar-refractivity contribution < 1.29 is 14.7 Å². The van der Waals surface area contributed by atoms with Crippen LogP contribution in [0.5, 0.6) is 0 Å². The standard InChI is InChI=1S/C15H17N3O3/c19-14(20)2-1-7-17-15(21)13-5-3-12(4-6-13)10-18-9-8-16-11-18/h3-6,8-9,11H,1-2,7,10H2,(H,17,21)(H,19,20). The van der Waals surface area contributed by atoms with Gasteiger partial charge in [-0.2, -0.15) is 0 Å². The Balaban J connectivity index is 1.83. The van der Waals surface area contributed by atoms with E-state index < -0.39 is 5.97 Å². The van der Waals surface area contributed by atoms with Crippen molar-refractivity contribution in [3.05, 3.63) is 54.1 Å². The van der Waals surface area contributed by atoms with Crippen molar-refractivity contribution in [1.29, 1.82) is 0 Å². The second kappa shape index (κ2) is 7.23. The number of imidazole rings is 1. The van der Waals surface area contributed by atoms with E-state index in [0.29, 0.717) is 25.1 Å². The number of hydrogen-bond donors (Lipinski definition) is 2. The number of hydrogen-bond acceptors (Lipinski definition) is 3. The maximum atomic E-state index is 11.8. The van der Waals surface area contributed by atoms with Crippen molar-refractivity contribution in [1.82, 2.24) is 14.9 Å². The Kier molecular flexibility index (Phi) is 5.09. The number of nitrogens with zero attached hydrogens (tertiary/aromatic N) is 2. The molecule has 1 aromatic carbocycles. The fraction of sp³-hybridized carbons (Fsp3) is 0.267. The Morgan fingerprint density at radius 2 is 2.00 bits per heavy atom. The number of rotatable bonds is 7. The average Bonchev–Trinajstić information content (AvgIpc) is 2.97. The number of aliphatic carboxylic acids is 1. The van der Waals surface area contributed by atoms with Gasteiger partial charge in [-0.25, -0.2) is 4.98 Å². The van der Waals surface area contributed by atoms with Crippen molar-refractivity contribution in [2.45, 2.75) is 19.4 Å². The number of aromatic nitrogens is 2. The summed E-state index contributed by atoms with van der Waals surface area (Å²) in [5.41, 5.74) is 1.65. The van der Waals surface area contributed by atoms with Crippen molar-refractivity contribution in [3.63, 3.8) is 0 Å². The Morgan fingerprint density at radius 1 is 1.24 bits per heavy atom. The van der Waals surface area contributed by atoms with Gasteiger partial charge in [-0.15, -0.1) is 0 Å². The normalized spacial score (nSPS) is 10.3. The minimum atomic E-state index is -0.854. The SMILES string of the molecule is O=C(O)CCCNC(=O)c1ccc(Cn2ccnc2)cc1. The zero-order chi connectivity index (χ0) is 15.1. The zero-order valence-corrected chi connectivity index (χ0v) is 11.5. The molecule has 110 valence electrons. The molecule has 2 N–H and O–H groups in total. The summed E-state index contributed by atoms with van der Waals surface area (Å²) < 4.78 is 1.95. The highest BCUT2D eigenvalue weighted by Crippen LogP contribution is 2.06. The molecule has 0 unspecified atom stereocenters. The summed E-state index contributed by atoms with van der Waals surface area (Å²) in [5.74, 6) is -1.04. The molecule has 0 saturated carbocycles. The van der Waals surface area contributed by atoms with Gasteiger partial charge in [0.25, 0.3) is 5.91 Å². The van der Waals surface area contributed by atoms with Gasteiger partial charge >= 0.3 is 5.97 Å². The quantitative estimate of drug-likeness (QED) is 0.756. The lowest BCUT2D eigenvalue weighted by Crippen LogP contribution is -2.24. The van der Waals surface area contributed by atoms with E-state index in [-0.39, 0.29) is 12.3 Å². The third-order valence-electron chi connectivity index (χ3n) is 2.99. The Bertz CT molecular complexity index is 591. The van der Waals surface area contributed by atoms with Gasteiger partial charge in [0.2, 0.25) is 0 Å². The first-order valence-corrected chi connectivity index (χ1v) is 6.70.